The first-order valence-electron chi connectivity index (χ1n) is 6.81. The van der Waals surface area contributed by atoms with Crippen LogP contribution in [0.15, 0.2) is 0 Å². The lowest BCUT2D eigenvalue weighted by molar-refractivity contribution is -0.142. The van der Waals surface area contributed by atoms with E-state index in [2.05, 4.69) is 24.5 Å². The van der Waals surface area contributed by atoms with Gasteiger partial charge in [0.25, 0.3) is 0 Å². The van der Waals surface area contributed by atoms with Gasteiger partial charge in [0, 0.05) is 5.75 Å². The van der Waals surface area contributed by atoms with E-state index in [-0.39, 0.29) is 16.9 Å². The van der Waals surface area contributed by atoms with Crippen LogP contribution in [0.2, 0.25) is 0 Å². The lowest BCUT2D eigenvalue weighted by Crippen LogP contribution is -2.63. The molecule has 1 saturated heterocycles. The molecule has 1 aliphatic heterocycles. The summed E-state index contributed by atoms with van der Waals surface area (Å²) >= 11 is 6.54. The Morgan fingerprint density at radius 1 is 1.11 bits per heavy atom. The lowest BCUT2D eigenvalue weighted by Gasteiger charge is -2.34. The molecule has 2 amide bonds. The summed E-state index contributed by atoms with van der Waals surface area (Å²) in [5.41, 5.74) is -0.948. The second-order valence-corrected chi connectivity index (χ2v) is 6.34. The molecule has 0 aromatic carbocycles. The number of unbranched alkanes of at least 4 members (excludes halogenated alkanes) is 2. The minimum Gasteiger partial charge on any atom is -0.302 e. The van der Waals surface area contributed by atoms with Gasteiger partial charge >= 0.3 is 0 Å². The van der Waals surface area contributed by atoms with E-state index in [1.54, 1.807) is 11.8 Å². The van der Waals surface area contributed by atoms with Crippen LogP contribution in [-0.4, -0.2) is 28.4 Å². The predicted octanol–water partition coefficient (Wildman–Crippen LogP) is 2.23. The van der Waals surface area contributed by atoms with Gasteiger partial charge in [-0.15, -0.1) is 0 Å². The minimum atomic E-state index is -0.948. The van der Waals surface area contributed by atoms with Crippen molar-refractivity contribution in [3.63, 3.8) is 0 Å². The number of thiocarbonyl (C=S) groups is 1. The summed E-state index contributed by atoms with van der Waals surface area (Å²) in [5, 5.41) is 5.32. The van der Waals surface area contributed by atoms with Crippen molar-refractivity contribution in [3.8, 4) is 0 Å². The van der Waals surface area contributed by atoms with Gasteiger partial charge in [-0.05, 0) is 30.8 Å². The smallest absolute Gasteiger partial charge is 0.242 e. The van der Waals surface area contributed by atoms with Gasteiger partial charge in [0.2, 0.25) is 11.8 Å². The predicted molar refractivity (Wildman–Crippen MR) is 83.1 cm³/mol. The molecule has 0 radical (unpaired) electrons. The van der Waals surface area contributed by atoms with Crippen LogP contribution in [0.25, 0.3) is 0 Å². The van der Waals surface area contributed by atoms with Crippen molar-refractivity contribution in [1.82, 2.24) is 10.6 Å². The van der Waals surface area contributed by atoms with Gasteiger partial charge in [0.1, 0.15) is 5.41 Å². The molecule has 1 heterocycles. The highest BCUT2D eigenvalue weighted by atomic mass is 32.2. The molecule has 0 aromatic heterocycles. The van der Waals surface area contributed by atoms with E-state index in [1.807, 2.05) is 0 Å². The first-order valence-corrected chi connectivity index (χ1v) is 8.37. The number of amides is 2. The third-order valence-electron chi connectivity index (χ3n) is 3.27. The molecule has 1 rings (SSSR count). The Morgan fingerprint density at radius 3 is 2.21 bits per heavy atom. The van der Waals surface area contributed by atoms with Crippen LogP contribution in [0, 0.1) is 5.41 Å². The largest absolute Gasteiger partial charge is 0.302 e. The van der Waals surface area contributed by atoms with Crippen molar-refractivity contribution in [2.75, 3.05) is 11.5 Å². The van der Waals surface area contributed by atoms with Crippen LogP contribution in [-0.2, 0) is 9.59 Å². The number of thioether (sulfide) groups is 1. The Bertz CT molecular complexity index is 339. The Labute approximate surface area is 124 Å². The number of carbonyl (C=O) groups is 2. The number of hydrogen-bond donors (Lipinski definition) is 2. The van der Waals surface area contributed by atoms with Crippen molar-refractivity contribution in [2.24, 2.45) is 5.41 Å². The normalized spacial score (nSPS) is 18.1. The van der Waals surface area contributed by atoms with E-state index in [9.17, 15) is 9.59 Å². The van der Waals surface area contributed by atoms with E-state index >= 15 is 0 Å². The highest BCUT2D eigenvalue weighted by Crippen LogP contribution is 2.32. The van der Waals surface area contributed by atoms with Crippen LogP contribution >= 0.6 is 24.0 Å². The second kappa shape index (κ2) is 7.85. The highest BCUT2D eigenvalue weighted by molar-refractivity contribution is 7.99. The van der Waals surface area contributed by atoms with Crippen LogP contribution in [0.4, 0.5) is 0 Å². The summed E-state index contributed by atoms with van der Waals surface area (Å²) in [4.78, 5) is 24.5. The van der Waals surface area contributed by atoms with E-state index in [1.165, 1.54) is 0 Å². The maximum absolute atomic E-state index is 12.2. The maximum Gasteiger partial charge on any atom is 0.242 e. The highest BCUT2D eigenvalue weighted by Gasteiger charge is 2.48. The average Bonchev–Trinajstić information content (AvgIpc) is 2.36. The fraction of sp³-hybridized carbons (Fsp3) is 0.769. The van der Waals surface area contributed by atoms with Crippen molar-refractivity contribution in [3.05, 3.63) is 0 Å². The molecule has 0 atom stereocenters. The first-order chi connectivity index (χ1) is 9.06. The third kappa shape index (κ3) is 4.18. The summed E-state index contributed by atoms with van der Waals surface area (Å²) in [7, 11) is 0. The van der Waals surface area contributed by atoms with Gasteiger partial charge in [-0.25, -0.2) is 0 Å². The average molecular weight is 302 g/mol. The monoisotopic (exact) mass is 302 g/mol. The van der Waals surface area contributed by atoms with Crippen molar-refractivity contribution in [2.45, 2.75) is 46.0 Å². The molecule has 19 heavy (non-hydrogen) atoms. The molecule has 0 unspecified atom stereocenters. The maximum atomic E-state index is 12.2. The van der Waals surface area contributed by atoms with E-state index in [0.29, 0.717) is 12.2 Å². The van der Waals surface area contributed by atoms with Crippen molar-refractivity contribution < 1.29 is 9.59 Å². The molecule has 0 aliphatic carbocycles. The van der Waals surface area contributed by atoms with Crippen molar-refractivity contribution in [1.29, 1.82) is 0 Å². The van der Waals surface area contributed by atoms with E-state index < -0.39 is 5.41 Å². The zero-order chi connectivity index (χ0) is 14.3. The first kappa shape index (κ1) is 16.4. The number of rotatable bonds is 8. The Balaban J connectivity index is 2.75. The summed E-state index contributed by atoms with van der Waals surface area (Å²) in [5.74, 6) is 1.04. The van der Waals surface area contributed by atoms with Gasteiger partial charge in [-0.1, -0.05) is 33.1 Å². The van der Waals surface area contributed by atoms with Gasteiger partial charge < -0.3 is 10.6 Å². The fourth-order valence-corrected chi connectivity index (χ4v) is 3.56. The van der Waals surface area contributed by atoms with Gasteiger partial charge in [-0.3, -0.25) is 9.59 Å². The van der Waals surface area contributed by atoms with Gasteiger partial charge in [0.15, 0.2) is 5.11 Å². The third-order valence-corrected chi connectivity index (χ3v) is 4.75. The second-order valence-electron chi connectivity index (χ2n) is 4.83. The molecule has 0 bridgehead atoms. The molecular formula is C13H22N2O2S2. The topological polar surface area (TPSA) is 58.2 Å². The van der Waals surface area contributed by atoms with Crippen LogP contribution in [0.1, 0.15) is 46.0 Å². The summed E-state index contributed by atoms with van der Waals surface area (Å²) in [6.45, 7) is 4.19. The number of nitrogens with one attached hydrogen (secondary N) is 2. The molecule has 1 aliphatic rings. The Kier molecular flexibility index (Phi) is 6.79. The standard InChI is InChI=1S/C13H22N2O2S2/c1-3-5-7-13(9-19-8-6-4-2)10(16)14-12(18)15-11(13)17/h3-9H2,1-2H3,(H2,14,15,16,17,18). The summed E-state index contributed by atoms with van der Waals surface area (Å²) in [6.07, 6.45) is 4.64. The quantitative estimate of drug-likeness (QED) is 0.410. The Morgan fingerprint density at radius 2 is 1.68 bits per heavy atom. The van der Waals surface area contributed by atoms with E-state index in [0.717, 1.165) is 31.4 Å². The van der Waals surface area contributed by atoms with Gasteiger partial charge in [0.05, 0.1) is 0 Å². The van der Waals surface area contributed by atoms with Crippen LogP contribution in [0.3, 0.4) is 0 Å². The summed E-state index contributed by atoms with van der Waals surface area (Å²) < 4.78 is 0. The van der Waals surface area contributed by atoms with Crippen LogP contribution in [0.5, 0.6) is 0 Å². The molecule has 2 N–H and O–H groups in total. The zero-order valence-corrected chi connectivity index (χ0v) is 13.2. The molecule has 0 spiro atoms. The van der Waals surface area contributed by atoms with Gasteiger partial charge in [-0.2, -0.15) is 11.8 Å². The van der Waals surface area contributed by atoms with Crippen LogP contribution < -0.4 is 10.6 Å². The molecule has 6 heteroatoms. The molecule has 0 aromatic rings. The SMILES string of the molecule is CCCCSCC1(CCCC)C(=O)NC(=S)NC1=O. The molecule has 0 saturated carbocycles. The minimum absolute atomic E-state index is 0.126. The summed E-state index contributed by atoms with van der Waals surface area (Å²) in [6, 6.07) is 0. The molecule has 108 valence electrons. The number of carbonyl (C=O) groups excluding carboxylic acids is 2. The lowest BCUT2D eigenvalue weighted by atomic mass is 9.81. The Hall–Kier alpha value is -0.620. The zero-order valence-electron chi connectivity index (χ0n) is 11.6. The molecule has 4 nitrogen and oxygen atoms in total. The van der Waals surface area contributed by atoms with E-state index in [4.69, 9.17) is 12.2 Å². The molecular weight excluding hydrogens is 280 g/mol. The number of hydrogen-bond acceptors (Lipinski definition) is 4. The van der Waals surface area contributed by atoms with Crippen molar-refractivity contribution >= 4 is 40.9 Å². The molecule has 1 fully saturated rings. The fourth-order valence-electron chi connectivity index (χ4n) is 1.98.